The molecule has 8 heteroatoms. The van der Waals surface area contributed by atoms with Gasteiger partial charge in [-0.2, -0.15) is 5.10 Å². The summed E-state index contributed by atoms with van der Waals surface area (Å²) < 4.78 is 28.2. The maximum Gasteiger partial charge on any atom is 0.199 e. The number of hydrogen-bond acceptors (Lipinski definition) is 5. The highest BCUT2D eigenvalue weighted by atomic mass is 32.2. The minimum Gasteiger partial charge on any atom is -0.296 e. The normalized spacial score (nSPS) is 18.8. The molecule has 0 spiro atoms. The van der Waals surface area contributed by atoms with Gasteiger partial charge in [0.25, 0.3) is 0 Å². The quantitative estimate of drug-likeness (QED) is 0.473. The molecule has 2 aromatic rings. The van der Waals surface area contributed by atoms with Crippen molar-refractivity contribution in [2.75, 3.05) is 18.1 Å². The van der Waals surface area contributed by atoms with Crippen molar-refractivity contribution < 1.29 is 8.42 Å². The van der Waals surface area contributed by atoms with E-state index in [1.807, 2.05) is 17.6 Å². The van der Waals surface area contributed by atoms with Crippen molar-refractivity contribution in [3.63, 3.8) is 0 Å². The number of benzene rings is 1. The summed E-state index contributed by atoms with van der Waals surface area (Å²) in [4.78, 5) is 2.15. The smallest absolute Gasteiger partial charge is 0.199 e. The van der Waals surface area contributed by atoms with Gasteiger partial charge in [-0.3, -0.25) is 9.47 Å². The molecule has 164 valence electrons. The Morgan fingerprint density at radius 3 is 2.47 bits per heavy atom. The monoisotopic (exact) mass is 448 g/mol. The zero-order valence-electron chi connectivity index (χ0n) is 18.3. The first kappa shape index (κ1) is 22.9. The predicted molar refractivity (Wildman–Crippen MR) is 125 cm³/mol. The number of aromatic nitrogens is 3. The van der Waals surface area contributed by atoms with E-state index in [1.54, 1.807) is 4.68 Å². The molecule has 1 saturated heterocycles. The maximum absolute atomic E-state index is 11.9. The molecule has 1 aliphatic rings. The largest absolute Gasteiger partial charge is 0.296 e. The fraction of sp³-hybridized carbons (Fsp3) is 0.545. The minimum absolute atomic E-state index is 0.0148. The average molecular weight is 449 g/mol. The zero-order valence-corrected chi connectivity index (χ0v) is 20.0. The van der Waals surface area contributed by atoms with Crippen molar-refractivity contribution in [3.05, 3.63) is 47.3 Å². The Kier molecular flexibility index (Phi) is 6.69. The molecule has 0 bridgehead atoms. The van der Waals surface area contributed by atoms with Gasteiger partial charge >= 0.3 is 0 Å². The molecule has 0 N–H and O–H groups in total. The molecule has 3 rings (SSSR count). The van der Waals surface area contributed by atoms with Crippen LogP contribution in [-0.2, 0) is 28.5 Å². The Balaban J connectivity index is 1.94. The molecule has 30 heavy (non-hydrogen) atoms. The summed E-state index contributed by atoms with van der Waals surface area (Å²) in [6, 6.07) is 8.46. The van der Waals surface area contributed by atoms with Crippen molar-refractivity contribution in [1.82, 2.24) is 19.2 Å². The number of hydrogen-bond donors (Lipinski definition) is 0. The highest BCUT2D eigenvalue weighted by Gasteiger charge is 2.32. The van der Waals surface area contributed by atoms with Crippen LogP contribution in [0.2, 0.25) is 0 Å². The van der Waals surface area contributed by atoms with Gasteiger partial charge in [-0.05, 0) is 36.2 Å². The SMILES string of the molecule is C=CCn1c(-c2ccc(C(C)(C)C)cc2)nn(CN(CC)[C@H]2CCS(=O)(=O)C2)c1=S. The molecule has 1 fully saturated rings. The molecule has 0 aliphatic carbocycles. The van der Waals surface area contributed by atoms with Gasteiger partial charge in [0.15, 0.2) is 20.4 Å². The predicted octanol–water partition coefficient (Wildman–Crippen LogP) is 4.03. The van der Waals surface area contributed by atoms with Crippen LogP contribution in [0.4, 0.5) is 0 Å². The lowest BCUT2D eigenvalue weighted by atomic mass is 9.87. The first-order valence-corrected chi connectivity index (χ1v) is 12.6. The van der Waals surface area contributed by atoms with E-state index in [0.29, 0.717) is 24.4 Å². The molecular formula is C22H32N4O2S2. The third kappa shape index (κ3) is 4.92. The van der Waals surface area contributed by atoms with Gasteiger partial charge in [0.2, 0.25) is 0 Å². The Labute approximate surface area is 185 Å². The van der Waals surface area contributed by atoms with E-state index in [-0.39, 0.29) is 23.0 Å². The molecule has 2 heterocycles. The van der Waals surface area contributed by atoms with Gasteiger partial charge in [-0.25, -0.2) is 13.1 Å². The van der Waals surface area contributed by atoms with Crippen molar-refractivity contribution >= 4 is 22.1 Å². The topological polar surface area (TPSA) is 60.1 Å². The van der Waals surface area contributed by atoms with Crippen LogP contribution in [0.15, 0.2) is 36.9 Å². The third-order valence-electron chi connectivity index (χ3n) is 5.69. The van der Waals surface area contributed by atoms with Crippen LogP contribution in [0.1, 0.15) is 39.7 Å². The highest BCUT2D eigenvalue weighted by molar-refractivity contribution is 7.91. The first-order valence-electron chi connectivity index (χ1n) is 10.4. The molecule has 0 radical (unpaired) electrons. The molecule has 1 aliphatic heterocycles. The summed E-state index contributed by atoms with van der Waals surface area (Å²) in [5.74, 6) is 1.27. The molecular weight excluding hydrogens is 416 g/mol. The van der Waals surface area contributed by atoms with Crippen molar-refractivity contribution in [2.24, 2.45) is 0 Å². The molecule has 6 nitrogen and oxygen atoms in total. The maximum atomic E-state index is 11.9. The second-order valence-corrected chi connectivity index (χ2v) is 11.5. The Morgan fingerprint density at radius 1 is 1.30 bits per heavy atom. The molecule has 0 saturated carbocycles. The second-order valence-electron chi connectivity index (χ2n) is 8.94. The van der Waals surface area contributed by atoms with E-state index >= 15 is 0 Å². The van der Waals surface area contributed by atoms with Crippen LogP contribution in [0, 0.1) is 4.77 Å². The van der Waals surface area contributed by atoms with Crippen LogP contribution in [0.5, 0.6) is 0 Å². The van der Waals surface area contributed by atoms with Gasteiger partial charge in [0, 0.05) is 18.2 Å². The van der Waals surface area contributed by atoms with Gasteiger partial charge in [-0.1, -0.05) is 58.0 Å². The molecule has 1 atom stereocenters. The molecule has 0 amide bonds. The number of nitrogens with zero attached hydrogens (tertiary/aromatic N) is 4. The zero-order chi connectivity index (χ0) is 22.1. The Hall–Kier alpha value is -1.77. The summed E-state index contributed by atoms with van der Waals surface area (Å²) in [6.07, 6.45) is 2.48. The van der Waals surface area contributed by atoms with Crippen molar-refractivity contribution in [2.45, 2.75) is 58.8 Å². The van der Waals surface area contributed by atoms with E-state index in [0.717, 1.165) is 17.9 Å². The van der Waals surface area contributed by atoms with Crippen LogP contribution < -0.4 is 0 Å². The van der Waals surface area contributed by atoms with E-state index in [4.69, 9.17) is 17.3 Å². The van der Waals surface area contributed by atoms with Gasteiger partial charge in [-0.15, -0.1) is 6.58 Å². The van der Waals surface area contributed by atoms with Crippen molar-refractivity contribution in [3.8, 4) is 11.4 Å². The number of sulfone groups is 1. The van der Waals surface area contributed by atoms with E-state index in [1.165, 1.54) is 5.56 Å². The lowest BCUT2D eigenvalue weighted by Crippen LogP contribution is -2.37. The highest BCUT2D eigenvalue weighted by Crippen LogP contribution is 2.26. The summed E-state index contributed by atoms with van der Waals surface area (Å²) >= 11 is 5.72. The van der Waals surface area contributed by atoms with Crippen LogP contribution >= 0.6 is 12.2 Å². The Morgan fingerprint density at radius 2 is 1.97 bits per heavy atom. The number of allylic oxidation sites excluding steroid dienone is 1. The number of rotatable bonds is 7. The van der Waals surface area contributed by atoms with E-state index in [2.05, 4.69) is 56.5 Å². The summed E-state index contributed by atoms with van der Waals surface area (Å²) in [5, 5.41) is 4.82. The lowest BCUT2D eigenvalue weighted by Gasteiger charge is -2.26. The standard InChI is InChI=1S/C22H32N4O2S2/c1-6-13-25-20(17-8-10-18(11-9-17)22(3,4)5)23-26(21(25)29)16-24(7-2)19-12-14-30(27,28)15-19/h6,8-11,19H,1,7,12-16H2,2-5H3/t19-/m0/s1. The van der Waals surface area contributed by atoms with E-state index in [9.17, 15) is 8.42 Å². The lowest BCUT2D eigenvalue weighted by molar-refractivity contribution is 0.164. The van der Waals surface area contributed by atoms with Crippen LogP contribution in [0.3, 0.4) is 0 Å². The molecule has 1 aromatic carbocycles. The molecule has 1 aromatic heterocycles. The summed E-state index contributed by atoms with van der Waals surface area (Å²) in [6.45, 7) is 14.3. The summed E-state index contributed by atoms with van der Waals surface area (Å²) in [7, 11) is -2.94. The Bertz CT molecular complexity index is 1060. The minimum atomic E-state index is -2.94. The van der Waals surface area contributed by atoms with Gasteiger partial charge in [0.1, 0.15) is 0 Å². The van der Waals surface area contributed by atoms with Crippen LogP contribution in [0.25, 0.3) is 11.4 Å². The fourth-order valence-electron chi connectivity index (χ4n) is 3.87. The second kappa shape index (κ2) is 8.77. The molecule has 0 unspecified atom stereocenters. The third-order valence-corrected chi connectivity index (χ3v) is 7.87. The van der Waals surface area contributed by atoms with Crippen LogP contribution in [-0.4, -0.2) is 51.8 Å². The van der Waals surface area contributed by atoms with Gasteiger partial charge < -0.3 is 0 Å². The van der Waals surface area contributed by atoms with Gasteiger partial charge in [0.05, 0.1) is 18.2 Å². The summed E-state index contributed by atoms with van der Waals surface area (Å²) in [5.41, 5.74) is 2.35. The fourth-order valence-corrected chi connectivity index (χ4v) is 5.89. The van der Waals surface area contributed by atoms with E-state index < -0.39 is 9.84 Å². The van der Waals surface area contributed by atoms with Crippen molar-refractivity contribution in [1.29, 1.82) is 0 Å². The average Bonchev–Trinajstić information content (AvgIpc) is 3.19. The first-order chi connectivity index (χ1) is 14.1.